The second-order valence-electron chi connectivity index (χ2n) is 12.5. The Morgan fingerprint density at radius 2 is 1.67 bits per heavy atom. The van der Waals surface area contributed by atoms with E-state index in [4.69, 9.17) is 16.3 Å². The highest BCUT2D eigenvalue weighted by molar-refractivity contribution is 6.34. The monoisotopic (exact) mass is 590 g/mol. The lowest BCUT2D eigenvalue weighted by Gasteiger charge is -2.33. The number of carbonyl (C=O) groups excluding carboxylic acids is 3. The molecule has 42 heavy (non-hydrogen) atoms. The van der Waals surface area contributed by atoms with Gasteiger partial charge in [0, 0.05) is 23.6 Å². The molecule has 0 heterocycles. The zero-order valence-electron chi connectivity index (χ0n) is 26.0. The minimum absolute atomic E-state index is 0.00534. The van der Waals surface area contributed by atoms with E-state index in [0.29, 0.717) is 40.7 Å². The van der Waals surface area contributed by atoms with E-state index in [1.165, 1.54) is 0 Å². The Labute approximate surface area is 255 Å². The maximum absolute atomic E-state index is 13.6. The summed E-state index contributed by atoms with van der Waals surface area (Å²) in [6.45, 7) is 16.1. The third-order valence-corrected chi connectivity index (χ3v) is 7.09. The molecule has 3 rings (SSSR count). The maximum Gasteiger partial charge on any atom is 0.257 e. The van der Waals surface area contributed by atoms with Crippen LogP contribution in [0.1, 0.15) is 81.4 Å². The van der Waals surface area contributed by atoms with Gasteiger partial charge in [-0.15, -0.1) is 0 Å². The van der Waals surface area contributed by atoms with Crippen LogP contribution >= 0.6 is 11.6 Å². The van der Waals surface area contributed by atoms with Crippen molar-refractivity contribution in [1.82, 2.24) is 0 Å². The summed E-state index contributed by atoms with van der Waals surface area (Å²) in [7, 11) is 0. The lowest BCUT2D eigenvalue weighted by Crippen LogP contribution is -2.42. The second kappa shape index (κ2) is 14.0. The molecule has 0 aliphatic carbocycles. The van der Waals surface area contributed by atoms with Gasteiger partial charge in [0.2, 0.25) is 5.91 Å². The first kappa shape index (κ1) is 32.9. The van der Waals surface area contributed by atoms with E-state index in [1.807, 2.05) is 96.1 Å². The summed E-state index contributed by atoms with van der Waals surface area (Å²) in [5.74, 6) is 0.131. The molecule has 6 nitrogen and oxygen atoms in total. The van der Waals surface area contributed by atoms with E-state index in [9.17, 15) is 14.4 Å². The Bertz CT molecular complexity index is 1390. The summed E-state index contributed by atoms with van der Waals surface area (Å²) in [5, 5.41) is 3.30. The van der Waals surface area contributed by atoms with E-state index >= 15 is 0 Å². The van der Waals surface area contributed by atoms with Crippen LogP contribution in [0.15, 0.2) is 60.7 Å². The third kappa shape index (κ3) is 8.45. The van der Waals surface area contributed by atoms with Gasteiger partial charge in [-0.25, -0.2) is 0 Å². The molecule has 0 aliphatic heterocycles. The lowest BCUT2D eigenvalue weighted by molar-refractivity contribution is -0.125. The number of ether oxygens (including phenoxy) is 1. The molecule has 0 aromatic heterocycles. The van der Waals surface area contributed by atoms with E-state index < -0.39 is 11.3 Å². The zero-order chi connectivity index (χ0) is 31.2. The normalized spacial score (nSPS) is 12.3. The van der Waals surface area contributed by atoms with Crippen LogP contribution in [-0.2, 0) is 16.0 Å². The highest BCUT2D eigenvalue weighted by Gasteiger charge is 2.31. The Hall–Kier alpha value is -3.64. The summed E-state index contributed by atoms with van der Waals surface area (Å²) in [4.78, 5) is 40.6. The van der Waals surface area contributed by atoms with Crippen LogP contribution in [0.5, 0.6) is 5.75 Å². The van der Waals surface area contributed by atoms with Crippen molar-refractivity contribution in [2.45, 2.75) is 73.8 Å². The van der Waals surface area contributed by atoms with Crippen molar-refractivity contribution in [3.8, 4) is 5.75 Å². The van der Waals surface area contributed by atoms with Crippen molar-refractivity contribution in [3.05, 3.63) is 87.9 Å². The van der Waals surface area contributed by atoms with E-state index in [-0.39, 0.29) is 23.8 Å². The molecule has 0 fully saturated rings. The number of benzene rings is 3. The van der Waals surface area contributed by atoms with Gasteiger partial charge in [0.05, 0.1) is 22.4 Å². The van der Waals surface area contributed by atoms with Crippen LogP contribution in [0.25, 0.3) is 0 Å². The Morgan fingerprint density at radius 3 is 2.21 bits per heavy atom. The highest BCUT2D eigenvalue weighted by atomic mass is 35.5. The lowest BCUT2D eigenvalue weighted by atomic mass is 9.91. The van der Waals surface area contributed by atoms with Gasteiger partial charge in [0.1, 0.15) is 12.0 Å². The SMILES string of the molecule is Cc1cccc(Cl)c1C(=O)Nc1ccc(CC(C=O)c2ccc(OC(C)C)c(N(CC(C)C)C(=O)C(C)(C)C)c2)cc1. The zero-order valence-corrected chi connectivity index (χ0v) is 26.7. The molecular weight excluding hydrogens is 548 g/mol. The van der Waals surface area contributed by atoms with Crippen molar-refractivity contribution in [2.75, 3.05) is 16.8 Å². The molecule has 0 radical (unpaired) electrons. The molecule has 0 saturated carbocycles. The van der Waals surface area contributed by atoms with Crippen LogP contribution in [0.2, 0.25) is 5.02 Å². The number of nitrogens with zero attached hydrogens (tertiary/aromatic N) is 1. The van der Waals surface area contributed by atoms with Gasteiger partial charge < -0.3 is 19.7 Å². The predicted molar refractivity (Wildman–Crippen MR) is 172 cm³/mol. The number of hydrogen-bond acceptors (Lipinski definition) is 4. The fraction of sp³-hybridized carbons (Fsp3) is 0.400. The van der Waals surface area contributed by atoms with Crippen molar-refractivity contribution >= 4 is 41.1 Å². The molecule has 7 heteroatoms. The minimum atomic E-state index is -0.592. The van der Waals surface area contributed by atoms with Gasteiger partial charge in [0.25, 0.3) is 5.91 Å². The predicted octanol–water partition coefficient (Wildman–Crippen LogP) is 8.25. The number of nitrogens with one attached hydrogen (secondary N) is 1. The number of halogens is 1. The first-order chi connectivity index (χ1) is 19.7. The highest BCUT2D eigenvalue weighted by Crippen LogP contribution is 2.36. The van der Waals surface area contributed by atoms with E-state index in [1.54, 1.807) is 11.0 Å². The van der Waals surface area contributed by atoms with Crippen molar-refractivity contribution in [3.63, 3.8) is 0 Å². The number of carbonyl (C=O) groups is 3. The molecule has 1 N–H and O–H groups in total. The number of rotatable bonds is 11. The van der Waals surface area contributed by atoms with Crippen molar-refractivity contribution in [1.29, 1.82) is 0 Å². The van der Waals surface area contributed by atoms with Crippen molar-refractivity contribution < 1.29 is 19.1 Å². The molecule has 0 spiro atoms. The topological polar surface area (TPSA) is 75.7 Å². The summed E-state index contributed by atoms with van der Waals surface area (Å²) in [6, 6.07) is 18.5. The Morgan fingerprint density at radius 1 is 1.00 bits per heavy atom. The molecule has 1 unspecified atom stereocenters. The van der Waals surface area contributed by atoms with Gasteiger partial charge in [-0.1, -0.05) is 76.6 Å². The van der Waals surface area contributed by atoms with Crippen LogP contribution < -0.4 is 15.0 Å². The molecule has 3 aromatic carbocycles. The Balaban J connectivity index is 1.89. The molecular formula is C35H43ClN2O4. The number of aryl methyl sites for hydroxylation is 1. The molecule has 3 aromatic rings. The summed E-state index contributed by atoms with van der Waals surface area (Å²) >= 11 is 6.25. The molecule has 0 aliphatic rings. The van der Waals surface area contributed by atoms with Crippen LogP contribution in [0, 0.1) is 18.3 Å². The first-order valence-corrected chi connectivity index (χ1v) is 14.8. The maximum atomic E-state index is 13.6. The molecule has 0 bridgehead atoms. The van der Waals surface area contributed by atoms with Crippen LogP contribution in [0.3, 0.4) is 0 Å². The number of amides is 2. The minimum Gasteiger partial charge on any atom is -0.489 e. The molecule has 0 saturated heterocycles. The Kier molecular flexibility index (Phi) is 11.0. The number of hydrogen-bond donors (Lipinski definition) is 1. The summed E-state index contributed by atoms with van der Waals surface area (Å²) in [6.07, 6.45) is 1.32. The van der Waals surface area contributed by atoms with Gasteiger partial charge in [-0.05, 0) is 80.1 Å². The fourth-order valence-electron chi connectivity index (χ4n) is 4.73. The fourth-order valence-corrected chi connectivity index (χ4v) is 5.03. The van der Waals surface area contributed by atoms with Gasteiger partial charge in [-0.2, -0.15) is 0 Å². The smallest absolute Gasteiger partial charge is 0.257 e. The summed E-state index contributed by atoms with van der Waals surface area (Å²) in [5.41, 5.74) is 3.70. The largest absolute Gasteiger partial charge is 0.489 e. The molecule has 224 valence electrons. The van der Waals surface area contributed by atoms with Gasteiger partial charge >= 0.3 is 0 Å². The van der Waals surface area contributed by atoms with Crippen molar-refractivity contribution in [2.24, 2.45) is 11.3 Å². The van der Waals surface area contributed by atoms with E-state index in [2.05, 4.69) is 19.2 Å². The van der Waals surface area contributed by atoms with Gasteiger partial charge in [0.15, 0.2) is 0 Å². The first-order valence-electron chi connectivity index (χ1n) is 14.4. The molecule has 1 atom stereocenters. The quantitative estimate of drug-likeness (QED) is 0.228. The second-order valence-corrected chi connectivity index (χ2v) is 12.9. The number of anilines is 2. The molecule has 2 amide bonds. The standard InChI is InChI=1S/C35H43ClN2O4/c1-22(2)20-38(34(41)35(6,7)8)30-19-26(14-17-31(30)42-23(3)4)27(21-39)18-25-12-15-28(16-13-25)37-33(40)32-24(5)10-9-11-29(32)36/h9-17,19,21-23,27H,18,20H2,1-8H3,(H,37,40). The van der Waals surface area contributed by atoms with E-state index in [0.717, 1.165) is 23.0 Å². The number of aldehydes is 1. The average Bonchev–Trinajstić information content (AvgIpc) is 2.90. The third-order valence-electron chi connectivity index (χ3n) is 6.78. The van der Waals surface area contributed by atoms with Crippen LogP contribution in [0.4, 0.5) is 11.4 Å². The average molecular weight is 591 g/mol. The van der Waals surface area contributed by atoms with Crippen LogP contribution in [-0.4, -0.2) is 30.7 Å². The summed E-state index contributed by atoms with van der Waals surface area (Å²) < 4.78 is 6.12. The van der Waals surface area contributed by atoms with Gasteiger partial charge in [-0.3, -0.25) is 9.59 Å².